The number of nitrogens with zero attached hydrogens (tertiary/aromatic N) is 1. The van der Waals surface area contributed by atoms with Crippen LogP contribution < -0.4 is 10.1 Å². The molecule has 8 heteroatoms. The van der Waals surface area contributed by atoms with Crippen molar-refractivity contribution in [3.8, 4) is 5.75 Å². The van der Waals surface area contributed by atoms with Crippen molar-refractivity contribution in [2.45, 2.75) is 32.5 Å². The molecule has 1 aliphatic heterocycles. The Morgan fingerprint density at radius 2 is 2.35 bits per heavy atom. The first-order chi connectivity index (χ1) is 11.0. The van der Waals surface area contributed by atoms with Crippen molar-refractivity contribution in [2.75, 3.05) is 19.8 Å². The molecule has 5 nitrogen and oxygen atoms in total. The normalized spacial score (nSPS) is 18.1. The Morgan fingerprint density at radius 1 is 1.57 bits per heavy atom. The first-order valence-electron chi connectivity index (χ1n) is 7.36. The number of hydrogen-bond acceptors (Lipinski definition) is 3. The van der Waals surface area contributed by atoms with Gasteiger partial charge in [0.1, 0.15) is 5.75 Å². The predicted octanol–water partition coefficient (Wildman–Crippen LogP) is 3.26. The number of morpholine rings is 1. The van der Waals surface area contributed by atoms with Gasteiger partial charge in [-0.2, -0.15) is 8.78 Å². The monoisotopic (exact) mass is 348 g/mol. The summed E-state index contributed by atoms with van der Waals surface area (Å²) in [7, 11) is 0. The van der Waals surface area contributed by atoms with Gasteiger partial charge in [0.15, 0.2) is 0 Å². The molecule has 128 valence electrons. The fourth-order valence-electron chi connectivity index (χ4n) is 2.43. The zero-order valence-corrected chi connectivity index (χ0v) is 13.5. The van der Waals surface area contributed by atoms with E-state index in [1.807, 2.05) is 6.92 Å². The molecule has 1 aliphatic rings. The molecule has 1 aromatic carbocycles. The minimum Gasteiger partial charge on any atom is -0.434 e. The Labute approximate surface area is 138 Å². The van der Waals surface area contributed by atoms with Crippen LogP contribution in [0.2, 0.25) is 5.02 Å². The van der Waals surface area contributed by atoms with Crippen molar-refractivity contribution in [3.63, 3.8) is 0 Å². The maximum atomic E-state index is 12.4. The van der Waals surface area contributed by atoms with E-state index < -0.39 is 6.61 Å². The fraction of sp³-hybridized carbons (Fsp3) is 0.533. The number of benzene rings is 1. The SMILES string of the molecule is CCC1COCCN1C(=O)NCc1cc(Cl)ccc1OC(F)F. The van der Waals surface area contributed by atoms with Crippen molar-refractivity contribution in [3.05, 3.63) is 28.8 Å². The molecule has 0 aliphatic carbocycles. The van der Waals surface area contributed by atoms with Crippen LogP contribution in [-0.4, -0.2) is 43.3 Å². The number of halogens is 3. The maximum Gasteiger partial charge on any atom is 0.387 e. The van der Waals surface area contributed by atoms with E-state index in [0.717, 1.165) is 6.42 Å². The third-order valence-electron chi connectivity index (χ3n) is 3.63. The van der Waals surface area contributed by atoms with Crippen LogP contribution in [0.1, 0.15) is 18.9 Å². The Balaban J connectivity index is 2.01. The molecule has 0 spiro atoms. The van der Waals surface area contributed by atoms with Crippen molar-refractivity contribution < 1.29 is 23.0 Å². The van der Waals surface area contributed by atoms with Gasteiger partial charge in [0, 0.05) is 23.7 Å². The molecular formula is C15H19ClF2N2O3. The average molecular weight is 349 g/mol. The summed E-state index contributed by atoms with van der Waals surface area (Å²) in [4.78, 5) is 14.0. The number of rotatable bonds is 5. The number of hydrogen-bond donors (Lipinski definition) is 1. The zero-order chi connectivity index (χ0) is 16.8. The molecule has 1 fully saturated rings. The van der Waals surface area contributed by atoms with E-state index in [1.54, 1.807) is 4.90 Å². The second-order valence-electron chi connectivity index (χ2n) is 5.12. The Morgan fingerprint density at radius 3 is 3.04 bits per heavy atom. The summed E-state index contributed by atoms with van der Waals surface area (Å²) >= 11 is 5.88. The van der Waals surface area contributed by atoms with Gasteiger partial charge in [-0.05, 0) is 24.6 Å². The molecule has 23 heavy (non-hydrogen) atoms. The van der Waals surface area contributed by atoms with Crippen LogP contribution in [0.5, 0.6) is 5.75 Å². The Hall–Kier alpha value is -1.60. The molecule has 1 saturated heterocycles. The van der Waals surface area contributed by atoms with Gasteiger partial charge >= 0.3 is 12.6 Å². The van der Waals surface area contributed by atoms with Gasteiger partial charge in [0.25, 0.3) is 0 Å². The number of carbonyl (C=O) groups is 1. The molecule has 1 unspecified atom stereocenters. The second-order valence-corrected chi connectivity index (χ2v) is 5.56. The molecule has 1 heterocycles. The third-order valence-corrected chi connectivity index (χ3v) is 3.86. The van der Waals surface area contributed by atoms with Gasteiger partial charge in [-0.25, -0.2) is 4.79 Å². The van der Waals surface area contributed by atoms with Crippen molar-refractivity contribution in [1.82, 2.24) is 10.2 Å². The van der Waals surface area contributed by atoms with Gasteiger partial charge in [-0.15, -0.1) is 0 Å². The van der Waals surface area contributed by atoms with Crippen LogP contribution in [0.4, 0.5) is 13.6 Å². The first kappa shape index (κ1) is 17.7. The molecule has 2 amide bonds. The van der Waals surface area contributed by atoms with E-state index in [-0.39, 0.29) is 24.4 Å². The molecule has 2 rings (SSSR count). The van der Waals surface area contributed by atoms with Crippen LogP contribution in [0, 0.1) is 0 Å². The van der Waals surface area contributed by atoms with E-state index in [0.29, 0.717) is 30.3 Å². The third kappa shape index (κ3) is 4.94. The van der Waals surface area contributed by atoms with E-state index >= 15 is 0 Å². The van der Waals surface area contributed by atoms with Crippen molar-refractivity contribution >= 4 is 17.6 Å². The summed E-state index contributed by atoms with van der Waals surface area (Å²) in [6, 6.07) is 4.07. The maximum absolute atomic E-state index is 12.4. The second kappa shape index (κ2) is 8.31. The van der Waals surface area contributed by atoms with E-state index in [9.17, 15) is 13.6 Å². The highest BCUT2D eigenvalue weighted by atomic mass is 35.5. The highest BCUT2D eigenvalue weighted by molar-refractivity contribution is 6.30. The fourth-order valence-corrected chi connectivity index (χ4v) is 2.62. The lowest BCUT2D eigenvalue weighted by Crippen LogP contribution is -2.52. The van der Waals surface area contributed by atoms with E-state index in [4.69, 9.17) is 16.3 Å². The van der Waals surface area contributed by atoms with E-state index in [2.05, 4.69) is 10.1 Å². The topological polar surface area (TPSA) is 50.8 Å². The van der Waals surface area contributed by atoms with E-state index in [1.165, 1.54) is 18.2 Å². The minimum atomic E-state index is -2.94. The van der Waals surface area contributed by atoms with Crippen molar-refractivity contribution in [2.24, 2.45) is 0 Å². The summed E-state index contributed by atoms with van der Waals surface area (Å²) in [6.07, 6.45) is 0.782. The lowest BCUT2D eigenvalue weighted by Gasteiger charge is -2.35. The quantitative estimate of drug-likeness (QED) is 0.888. The van der Waals surface area contributed by atoms with Gasteiger partial charge < -0.3 is 19.7 Å². The van der Waals surface area contributed by atoms with Gasteiger partial charge in [0.2, 0.25) is 0 Å². The van der Waals surface area contributed by atoms with Crippen LogP contribution in [0.25, 0.3) is 0 Å². The molecule has 1 N–H and O–H groups in total. The lowest BCUT2D eigenvalue weighted by molar-refractivity contribution is -0.0504. The largest absolute Gasteiger partial charge is 0.434 e. The highest BCUT2D eigenvalue weighted by Crippen LogP contribution is 2.24. The number of amides is 2. The summed E-state index contributed by atoms with van der Waals surface area (Å²) in [6.45, 7) is 0.580. The molecule has 0 saturated carbocycles. The molecule has 1 aromatic rings. The number of urea groups is 1. The molecule has 0 aromatic heterocycles. The number of carbonyl (C=O) groups excluding carboxylic acids is 1. The van der Waals surface area contributed by atoms with Gasteiger partial charge in [-0.1, -0.05) is 18.5 Å². The first-order valence-corrected chi connectivity index (χ1v) is 7.74. The lowest BCUT2D eigenvalue weighted by atomic mass is 10.2. The zero-order valence-electron chi connectivity index (χ0n) is 12.7. The summed E-state index contributed by atoms with van der Waals surface area (Å²) in [5, 5.41) is 3.10. The molecule has 0 radical (unpaired) electrons. The minimum absolute atomic E-state index is 0.00119. The predicted molar refractivity (Wildman–Crippen MR) is 81.9 cm³/mol. The molecular weight excluding hydrogens is 330 g/mol. The Bertz CT molecular complexity index is 545. The summed E-state index contributed by atoms with van der Waals surface area (Å²) in [5.41, 5.74) is 0.396. The average Bonchev–Trinajstić information content (AvgIpc) is 2.54. The summed E-state index contributed by atoms with van der Waals surface area (Å²) in [5.74, 6) is -0.00119. The van der Waals surface area contributed by atoms with Crippen molar-refractivity contribution in [1.29, 1.82) is 0 Å². The standard InChI is InChI=1S/C15H19ClF2N2O3/c1-2-12-9-22-6-5-20(12)15(21)19-8-10-7-11(16)3-4-13(10)23-14(17)18/h3-4,7,12,14H,2,5-6,8-9H2,1H3,(H,19,21). The molecule has 0 bridgehead atoms. The van der Waals surface area contributed by atoms with Crippen LogP contribution in [0.3, 0.4) is 0 Å². The number of alkyl halides is 2. The van der Waals surface area contributed by atoms with Gasteiger partial charge in [-0.3, -0.25) is 0 Å². The van der Waals surface area contributed by atoms with Crippen LogP contribution in [-0.2, 0) is 11.3 Å². The summed E-state index contributed by atoms with van der Waals surface area (Å²) < 4.78 is 34.6. The smallest absolute Gasteiger partial charge is 0.387 e. The highest BCUT2D eigenvalue weighted by Gasteiger charge is 2.25. The van der Waals surface area contributed by atoms with Crippen LogP contribution in [0.15, 0.2) is 18.2 Å². The van der Waals surface area contributed by atoms with Crippen LogP contribution >= 0.6 is 11.6 Å². The number of ether oxygens (including phenoxy) is 2. The Kier molecular flexibility index (Phi) is 6.41. The number of nitrogens with one attached hydrogen (secondary N) is 1. The molecule has 1 atom stereocenters. The van der Waals surface area contributed by atoms with Gasteiger partial charge in [0.05, 0.1) is 19.3 Å².